The summed E-state index contributed by atoms with van der Waals surface area (Å²) in [5, 5.41) is 26.6. The van der Waals surface area contributed by atoms with Gasteiger partial charge < -0.3 is 9.84 Å². The van der Waals surface area contributed by atoms with Gasteiger partial charge in [0, 0.05) is 11.1 Å². The van der Waals surface area contributed by atoms with E-state index in [4.69, 9.17) is 27.9 Å². The Balaban J connectivity index is 1.56. The first-order valence-corrected chi connectivity index (χ1v) is 10.0. The van der Waals surface area contributed by atoms with Crippen LogP contribution in [0.15, 0.2) is 59.8 Å². The minimum Gasteiger partial charge on any atom is -0.489 e. The van der Waals surface area contributed by atoms with Crippen LogP contribution < -0.4 is 10.3 Å². The molecular formula is C20H15Cl2N5O5. The molecule has 0 radical (unpaired) electrons. The van der Waals surface area contributed by atoms with E-state index < -0.39 is 16.6 Å². The number of hydrogen-bond donors (Lipinski definition) is 1. The highest BCUT2D eigenvalue weighted by Gasteiger charge is 2.19. The molecule has 0 aliphatic heterocycles. The summed E-state index contributed by atoms with van der Waals surface area (Å²) in [6.45, 7) is -0.217. The Morgan fingerprint density at radius 2 is 2.00 bits per heavy atom. The van der Waals surface area contributed by atoms with Crippen LogP contribution in [0.1, 0.15) is 0 Å². The first kappa shape index (κ1) is 21.8. The Labute approximate surface area is 190 Å². The molecule has 1 atom stereocenters. The maximum absolute atomic E-state index is 12.8. The maximum Gasteiger partial charge on any atom is 0.294 e. The van der Waals surface area contributed by atoms with Crippen molar-refractivity contribution in [1.29, 1.82) is 0 Å². The monoisotopic (exact) mass is 475 g/mol. The molecule has 2 aromatic carbocycles. The van der Waals surface area contributed by atoms with Gasteiger partial charge >= 0.3 is 0 Å². The number of aromatic nitrogens is 4. The first-order valence-electron chi connectivity index (χ1n) is 9.28. The molecular weight excluding hydrogens is 461 g/mol. The molecule has 1 N–H and O–H groups in total. The van der Waals surface area contributed by atoms with Gasteiger partial charge in [0.25, 0.3) is 11.2 Å². The quantitative estimate of drug-likeness (QED) is 0.321. The Bertz CT molecular complexity index is 1370. The van der Waals surface area contributed by atoms with Gasteiger partial charge in [-0.05, 0) is 24.3 Å². The van der Waals surface area contributed by atoms with Gasteiger partial charge in [-0.3, -0.25) is 19.5 Å². The minimum absolute atomic E-state index is 0.0936. The number of nitro groups is 1. The summed E-state index contributed by atoms with van der Waals surface area (Å²) < 4.78 is 7.94. The van der Waals surface area contributed by atoms with Crippen molar-refractivity contribution >= 4 is 39.9 Å². The largest absolute Gasteiger partial charge is 0.489 e. The second-order valence-electron chi connectivity index (χ2n) is 6.78. The third kappa shape index (κ3) is 4.28. The predicted octanol–water partition coefficient (Wildman–Crippen LogP) is 3.24. The number of ether oxygens (including phenoxy) is 1. The van der Waals surface area contributed by atoms with Crippen molar-refractivity contribution in [3.63, 3.8) is 0 Å². The van der Waals surface area contributed by atoms with Crippen molar-refractivity contribution in [3.05, 3.63) is 85.5 Å². The number of halogens is 2. The Morgan fingerprint density at radius 3 is 2.75 bits per heavy atom. The van der Waals surface area contributed by atoms with E-state index in [1.807, 2.05) is 0 Å². The van der Waals surface area contributed by atoms with Crippen LogP contribution >= 0.6 is 23.2 Å². The third-order valence-corrected chi connectivity index (χ3v) is 5.12. The van der Waals surface area contributed by atoms with Crippen LogP contribution in [-0.4, -0.2) is 42.1 Å². The molecule has 12 heteroatoms. The molecule has 0 aliphatic rings. The highest BCUT2D eigenvalue weighted by molar-refractivity contribution is 6.35. The van der Waals surface area contributed by atoms with E-state index in [9.17, 15) is 20.0 Å². The lowest BCUT2D eigenvalue weighted by Gasteiger charge is -2.14. The summed E-state index contributed by atoms with van der Waals surface area (Å²) in [7, 11) is 0. The number of aliphatic hydroxyl groups is 1. The fourth-order valence-corrected chi connectivity index (χ4v) is 3.57. The number of para-hydroxylation sites is 2. The topological polar surface area (TPSA) is 125 Å². The van der Waals surface area contributed by atoms with Gasteiger partial charge in [0.15, 0.2) is 5.65 Å². The van der Waals surface area contributed by atoms with Crippen molar-refractivity contribution in [1.82, 2.24) is 19.3 Å². The molecule has 164 valence electrons. The molecule has 0 saturated heterocycles. The summed E-state index contributed by atoms with van der Waals surface area (Å²) in [5.74, 6) is 0.349. The van der Waals surface area contributed by atoms with E-state index >= 15 is 0 Å². The fourth-order valence-electron chi connectivity index (χ4n) is 3.11. The average molecular weight is 476 g/mol. The summed E-state index contributed by atoms with van der Waals surface area (Å²) in [6.07, 6.45) is 1.49. The molecule has 2 aromatic heterocycles. The number of rotatable bonds is 7. The number of nitrogens with zero attached hydrogens (tertiary/aromatic N) is 5. The Morgan fingerprint density at radius 1 is 1.22 bits per heavy atom. The molecule has 0 aliphatic carbocycles. The molecule has 4 rings (SSSR count). The zero-order valence-corrected chi connectivity index (χ0v) is 17.8. The van der Waals surface area contributed by atoms with Crippen LogP contribution in [0, 0.1) is 10.1 Å². The van der Waals surface area contributed by atoms with Gasteiger partial charge in [-0.25, -0.2) is 9.67 Å². The predicted molar refractivity (Wildman–Crippen MR) is 118 cm³/mol. The lowest BCUT2D eigenvalue weighted by atomic mass is 10.2. The third-order valence-electron chi connectivity index (χ3n) is 4.59. The molecule has 0 fully saturated rings. The van der Waals surface area contributed by atoms with Crippen LogP contribution in [0.25, 0.3) is 16.7 Å². The summed E-state index contributed by atoms with van der Waals surface area (Å²) in [4.78, 5) is 27.9. The highest BCUT2D eigenvalue weighted by atomic mass is 35.5. The molecule has 0 spiro atoms. The number of benzene rings is 2. The average Bonchev–Trinajstić information content (AvgIpc) is 3.20. The Hall–Kier alpha value is -3.47. The van der Waals surface area contributed by atoms with Crippen LogP contribution in [0.4, 0.5) is 5.69 Å². The van der Waals surface area contributed by atoms with E-state index in [0.717, 1.165) is 0 Å². The smallest absolute Gasteiger partial charge is 0.294 e. The van der Waals surface area contributed by atoms with E-state index in [1.165, 1.54) is 46.0 Å². The molecule has 10 nitrogen and oxygen atoms in total. The second kappa shape index (κ2) is 8.95. The van der Waals surface area contributed by atoms with E-state index in [0.29, 0.717) is 15.8 Å². The maximum atomic E-state index is 12.8. The van der Waals surface area contributed by atoms with Crippen LogP contribution in [0.5, 0.6) is 5.75 Å². The van der Waals surface area contributed by atoms with E-state index in [-0.39, 0.29) is 35.6 Å². The lowest BCUT2D eigenvalue weighted by Crippen LogP contribution is -2.30. The summed E-state index contributed by atoms with van der Waals surface area (Å²) in [6, 6.07) is 10.7. The zero-order chi connectivity index (χ0) is 22.8. The van der Waals surface area contributed by atoms with Crippen molar-refractivity contribution in [2.45, 2.75) is 12.6 Å². The van der Waals surface area contributed by atoms with Crippen LogP contribution in [0.3, 0.4) is 0 Å². The standard InChI is InChI=1S/C20H15Cl2N5O5/c21-12-5-6-18(15(22)7-12)32-10-13(28)9-25-11-23-19-14(20(25)29)8-24-26(19)16-3-1-2-4-17(16)27(30)31/h1-8,11,13,28H,9-10H2. The van der Waals surface area contributed by atoms with Gasteiger partial charge in [-0.15, -0.1) is 0 Å². The van der Waals surface area contributed by atoms with Crippen molar-refractivity contribution in [3.8, 4) is 11.4 Å². The highest BCUT2D eigenvalue weighted by Crippen LogP contribution is 2.27. The molecule has 1 unspecified atom stereocenters. The summed E-state index contributed by atoms with van der Waals surface area (Å²) in [5.41, 5.74) is -0.273. The van der Waals surface area contributed by atoms with Crippen molar-refractivity contribution in [2.24, 2.45) is 0 Å². The first-order chi connectivity index (χ1) is 15.3. The van der Waals surface area contributed by atoms with Gasteiger partial charge in [0.2, 0.25) is 0 Å². The van der Waals surface area contributed by atoms with E-state index in [1.54, 1.807) is 18.2 Å². The van der Waals surface area contributed by atoms with Crippen LogP contribution in [0.2, 0.25) is 10.0 Å². The Kier molecular flexibility index (Phi) is 6.08. The number of fused-ring (bicyclic) bond motifs is 1. The van der Waals surface area contributed by atoms with Gasteiger partial charge in [-0.2, -0.15) is 5.10 Å². The molecule has 32 heavy (non-hydrogen) atoms. The van der Waals surface area contributed by atoms with Crippen molar-refractivity contribution < 1.29 is 14.8 Å². The minimum atomic E-state index is -1.04. The molecule has 0 bridgehead atoms. The zero-order valence-electron chi connectivity index (χ0n) is 16.3. The van der Waals surface area contributed by atoms with Crippen molar-refractivity contribution in [2.75, 3.05) is 6.61 Å². The molecule has 4 aromatic rings. The van der Waals surface area contributed by atoms with Gasteiger partial charge in [0.05, 0.1) is 22.7 Å². The lowest BCUT2D eigenvalue weighted by molar-refractivity contribution is -0.384. The SMILES string of the molecule is O=c1c2cnn(-c3ccccc3[N+](=O)[O-])c2ncn1CC(O)COc1ccc(Cl)cc1Cl. The molecule has 2 heterocycles. The van der Waals surface area contributed by atoms with Gasteiger partial charge in [0.1, 0.15) is 35.9 Å². The molecule has 0 saturated carbocycles. The number of hydrogen-bond acceptors (Lipinski definition) is 7. The second-order valence-corrected chi connectivity index (χ2v) is 7.62. The normalized spacial score (nSPS) is 12.1. The van der Waals surface area contributed by atoms with Gasteiger partial charge in [-0.1, -0.05) is 35.3 Å². The summed E-state index contributed by atoms with van der Waals surface area (Å²) >= 11 is 11.9. The fraction of sp³-hybridized carbons (Fsp3) is 0.150. The molecule has 0 amide bonds. The number of nitro benzene ring substituents is 1. The van der Waals surface area contributed by atoms with Crippen LogP contribution in [-0.2, 0) is 6.54 Å². The number of aliphatic hydroxyl groups excluding tert-OH is 1. The van der Waals surface area contributed by atoms with E-state index in [2.05, 4.69) is 10.1 Å².